The molecule has 1 aromatic heterocycles. The molecular weight excluding hydrogens is 262 g/mol. The third kappa shape index (κ3) is 4.44. The monoisotopic (exact) mass is 283 g/mol. The van der Waals surface area contributed by atoms with Crippen molar-refractivity contribution in [1.29, 1.82) is 5.26 Å². The van der Waals surface area contributed by atoms with Crippen molar-refractivity contribution in [3.05, 3.63) is 35.9 Å². The van der Waals surface area contributed by atoms with Gasteiger partial charge in [0.05, 0.1) is 23.8 Å². The number of ether oxygens (including phenoxy) is 1. The van der Waals surface area contributed by atoms with E-state index in [0.29, 0.717) is 24.6 Å². The molecule has 0 aliphatic heterocycles. The highest BCUT2D eigenvalue weighted by Crippen LogP contribution is 2.19. The van der Waals surface area contributed by atoms with Gasteiger partial charge in [-0.2, -0.15) is 5.26 Å². The summed E-state index contributed by atoms with van der Waals surface area (Å²) >= 11 is 0. The maximum absolute atomic E-state index is 9.22. The van der Waals surface area contributed by atoms with Gasteiger partial charge in [0.2, 0.25) is 0 Å². The van der Waals surface area contributed by atoms with Crippen LogP contribution in [0.25, 0.3) is 10.9 Å². The Labute approximate surface area is 125 Å². The average Bonchev–Trinajstić information content (AvgIpc) is 2.49. The molecule has 0 amide bonds. The van der Waals surface area contributed by atoms with Crippen LogP contribution >= 0.6 is 0 Å². The normalized spacial score (nSPS) is 10.8. The first-order valence-electron chi connectivity index (χ1n) is 7.32. The molecule has 0 unspecified atom stereocenters. The van der Waals surface area contributed by atoms with Crippen molar-refractivity contribution in [3.8, 4) is 6.07 Å². The number of rotatable bonds is 7. The lowest BCUT2D eigenvalue weighted by atomic mass is 10.1. The van der Waals surface area contributed by atoms with Crippen molar-refractivity contribution in [2.24, 2.45) is 5.92 Å². The topological polar surface area (TPSA) is 57.9 Å². The molecule has 110 valence electrons. The number of nitriles is 1. The van der Waals surface area contributed by atoms with Crippen molar-refractivity contribution in [2.75, 3.05) is 25.1 Å². The van der Waals surface area contributed by atoms with Gasteiger partial charge in [0.15, 0.2) is 0 Å². The van der Waals surface area contributed by atoms with E-state index in [-0.39, 0.29) is 0 Å². The van der Waals surface area contributed by atoms with Gasteiger partial charge in [0, 0.05) is 18.5 Å². The van der Waals surface area contributed by atoms with Gasteiger partial charge in [0.1, 0.15) is 5.82 Å². The van der Waals surface area contributed by atoms with E-state index in [9.17, 15) is 5.26 Å². The van der Waals surface area contributed by atoms with Crippen molar-refractivity contribution in [1.82, 2.24) is 4.98 Å². The predicted octanol–water partition coefficient (Wildman–Crippen LogP) is 3.58. The smallest absolute Gasteiger partial charge is 0.128 e. The molecule has 4 nitrogen and oxygen atoms in total. The maximum atomic E-state index is 9.22. The highest BCUT2D eigenvalue weighted by molar-refractivity contribution is 5.86. The Bertz CT molecular complexity index is 631. The molecule has 0 fully saturated rings. The fourth-order valence-corrected chi connectivity index (χ4v) is 2.03. The number of nitrogens with one attached hydrogen (secondary N) is 1. The first-order chi connectivity index (χ1) is 10.2. The van der Waals surface area contributed by atoms with E-state index in [1.807, 2.05) is 24.3 Å². The number of anilines is 1. The SMILES string of the molecule is CC(C)CCOCCNc1cc(C#N)c2ccccc2n1. The van der Waals surface area contributed by atoms with Crippen LogP contribution in [0.4, 0.5) is 5.82 Å². The van der Waals surface area contributed by atoms with Gasteiger partial charge in [-0.3, -0.25) is 0 Å². The van der Waals surface area contributed by atoms with E-state index in [0.717, 1.165) is 29.7 Å². The average molecular weight is 283 g/mol. The minimum absolute atomic E-state index is 0.642. The van der Waals surface area contributed by atoms with E-state index in [1.165, 1.54) is 0 Å². The van der Waals surface area contributed by atoms with Crippen LogP contribution in [-0.4, -0.2) is 24.7 Å². The van der Waals surface area contributed by atoms with E-state index >= 15 is 0 Å². The van der Waals surface area contributed by atoms with Crippen molar-refractivity contribution in [2.45, 2.75) is 20.3 Å². The van der Waals surface area contributed by atoms with Crippen LogP contribution in [0.3, 0.4) is 0 Å². The van der Waals surface area contributed by atoms with Crippen LogP contribution < -0.4 is 5.32 Å². The molecule has 0 atom stereocenters. The summed E-state index contributed by atoms with van der Waals surface area (Å²) in [4.78, 5) is 4.51. The fraction of sp³-hybridized carbons (Fsp3) is 0.412. The summed E-state index contributed by atoms with van der Waals surface area (Å²) in [5.41, 5.74) is 1.48. The van der Waals surface area contributed by atoms with Crippen LogP contribution in [0.2, 0.25) is 0 Å². The lowest BCUT2D eigenvalue weighted by Crippen LogP contribution is -2.11. The van der Waals surface area contributed by atoms with Crippen LogP contribution in [0, 0.1) is 17.2 Å². The van der Waals surface area contributed by atoms with Crippen molar-refractivity contribution >= 4 is 16.7 Å². The third-order valence-corrected chi connectivity index (χ3v) is 3.23. The maximum Gasteiger partial charge on any atom is 0.128 e. The number of aromatic nitrogens is 1. The molecule has 0 bridgehead atoms. The Hall–Kier alpha value is -2.12. The second-order valence-corrected chi connectivity index (χ2v) is 5.41. The van der Waals surface area contributed by atoms with E-state index < -0.39 is 0 Å². The lowest BCUT2D eigenvalue weighted by Gasteiger charge is -2.09. The zero-order valence-corrected chi connectivity index (χ0v) is 12.6. The minimum atomic E-state index is 0.642. The van der Waals surface area contributed by atoms with E-state index in [2.05, 4.69) is 30.2 Å². The molecule has 2 aromatic rings. The molecule has 1 heterocycles. The number of hydrogen-bond acceptors (Lipinski definition) is 4. The molecule has 0 saturated carbocycles. The Balaban J connectivity index is 1.92. The Kier molecular flexibility index (Phi) is 5.53. The molecule has 2 rings (SSSR count). The van der Waals surface area contributed by atoms with Gasteiger partial charge in [-0.25, -0.2) is 4.98 Å². The standard InChI is InChI=1S/C17H21N3O/c1-13(2)7-9-21-10-8-19-17-11-14(12-18)15-5-3-4-6-16(15)20-17/h3-6,11,13H,7-10H2,1-2H3,(H,19,20). The van der Waals surface area contributed by atoms with Gasteiger partial charge in [0.25, 0.3) is 0 Å². The summed E-state index contributed by atoms with van der Waals surface area (Å²) in [6.07, 6.45) is 1.08. The predicted molar refractivity (Wildman–Crippen MR) is 85.2 cm³/mol. The number of para-hydroxylation sites is 1. The number of fused-ring (bicyclic) bond motifs is 1. The largest absolute Gasteiger partial charge is 0.380 e. The molecule has 1 aromatic carbocycles. The summed E-state index contributed by atoms with van der Waals surface area (Å²) < 4.78 is 5.55. The van der Waals surface area contributed by atoms with Crippen LogP contribution in [-0.2, 0) is 4.74 Å². The summed E-state index contributed by atoms with van der Waals surface area (Å²) in [5, 5.41) is 13.3. The second-order valence-electron chi connectivity index (χ2n) is 5.41. The lowest BCUT2D eigenvalue weighted by molar-refractivity contribution is 0.132. The molecule has 4 heteroatoms. The molecule has 0 aliphatic carbocycles. The molecule has 21 heavy (non-hydrogen) atoms. The second kappa shape index (κ2) is 7.61. The van der Waals surface area contributed by atoms with Crippen LogP contribution in [0.1, 0.15) is 25.8 Å². The fourth-order valence-electron chi connectivity index (χ4n) is 2.03. The zero-order chi connectivity index (χ0) is 15.1. The summed E-state index contributed by atoms with van der Waals surface area (Å²) in [6, 6.07) is 11.7. The van der Waals surface area contributed by atoms with Gasteiger partial charge in [-0.15, -0.1) is 0 Å². The molecular formula is C17H21N3O. The summed E-state index contributed by atoms with van der Waals surface area (Å²) in [7, 11) is 0. The molecule has 1 N–H and O–H groups in total. The highest BCUT2D eigenvalue weighted by Gasteiger charge is 2.04. The zero-order valence-electron chi connectivity index (χ0n) is 12.6. The number of hydrogen-bond donors (Lipinski definition) is 1. The molecule has 0 spiro atoms. The minimum Gasteiger partial charge on any atom is -0.380 e. The van der Waals surface area contributed by atoms with Gasteiger partial charge in [-0.1, -0.05) is 32.0 Å². The molecule has 0 radical (unpaired) electrons. The summed E-state index contributed by atoms with van der Waals surface area (Å²) in [5.74, 6) is 1.39. The third-order valence-electron chi connectivity index (χ3n) is 3.23. The van der Waals surface area contributed by atoms with Crippen LogP contribution in [0.5, 0.6) is 0 Å². The number of benzene rings is 1. The quantitative estimate of drug-likeness (QED) is 0.789. The number of nitrogens with zero attached hydrogens (tertiary/aromatic N) is 2. The van der Waals surface area contributed by atoms with E-state index in [4.69, 9.17) is 4.74 Å². The highest BCUT2D eigenvalue weighted by atomic mass is 16.5. The van der Waals surface area contributed by atoms with Crippen LogP contribution in [0.15, 0.2) is 30.3 Å². The van der Waals surface area contributed by atoms with Gasteiger partial charge >= 0.3 is 0 Å². The van der Waals surface area contributed by atoms with Crippen molar-refractivity contribution < 1.29 is 4.74 Å². The Morgan fingerprint density at radius 2 is 2.10 bits per heavy atom. The van der Waals surface area contributed by atoms with E-state index in [1.54, 1.807) is 6.07 Å². The Morgan fingerprint density at radius 3 is 2.86 bits per heavy atom. The Morgan fingerprint density at radius 1 is 1.29 bits per heavy atom. The first kappa shape index (κ1) is 15.3. The first-order valence-corrected chi connectivity index (χ1v) is 7.32. The van der Waals surface area contributed by atoms with Gasteiger partial charge in [-0.05, 0) is 24.5 Å². The molecule has 0 saturated heterocycles. The van der Waals surface area contributed by atoms with Gasteiger partial charge < -0.3 is 10.1 Å². The summed E-state index contributed by atoms with van der Waals surface area (Å²) in [6.45, 7) is 6.49. The molecule has 0 aliphatic rings. The number of pyridine rings is 1. The van der Waals surface area contributed by atoms with Crippen molar-refractivity contribution in [3.63, 3.8) is 0 Å².